The molecule has 0 fully saturated rings. The van der Waals surface area contributed by atoms with Crippen molar-refractivity contribution in [2.75, 3.05) is 0 Å². The van der Waals surface area contributed by atoms with E-state index in [2.05, 4.69) is 4.98 Å². The van der Waals surface area contributed by atoms with Crippen LogP contribution in [0.5, 0.6) is 0 Å². The van der Waals surface area contributed by atoms with Crippen LogP contribution in [-0.2, 0) is 0 Å². The Morgan fingerprint density at radius 1 is 1.73 bits per heavy atom. The number of thiazole rings is 1. The number of rotatable bonds is 1. The van der Waals surface area contributed by atoms with Gasteiger partial charge in [-0.25, -0.2) is 0 Å². The standard InChI is InChI=1S/C5H3N3O2S/c9-8(10)4-3-6-5-7(4)1-2-11-5/h1-3H. The van der Waals surface area contributed by atoms with Gasteiger partial charge in [0.15, 0.2) is 0 Å². The SMILES string of the molecule is O=[N+]([O-])c1cnc2sccn12. The molecule has 0 saturated heterocycles. The van der Waals surface area contributed by atoms with E-state index in [1.165, 1.54) is 21.9 Å². The molecule has 2 rings (SSSR count). The van der Waals surface area contributed by atoms with Crippen LogP contribution in [0.4, 0.5) is 5.82 Å². The highest BCUT2D eigenvalue weighted by molar-refractivity contribution is 7.15. The minimum absolute atomic E-state index is 0.0150. The molecule has 0 aliphatic heterocycles. The summed E-state index contributed by atoms with van der Waals surface area (Å²) in [5, 5.41) is 12.1. The second-order valence-corrected chi connectivity index (χ2v) is 2.80. The highest BCUT2D eigenvalue weighted by Gasteiger charge is 2.13. The molecule has 0 spiro atoms. The van der Waals surface area contributed by atoms with E-state index in [9.17, 15) is 10.1 Å². The van der Waals surface area contributed by atoms with Gasteiger partial charge in [-0.2, -0.15) is 9.38 Å². The third-order valence-corrected chi connectivity index (χ3v) is 2.08. The summed E-state index contributed by atoms with van der Waals surface area (Å²) >= 11 is 1.37. The molecule has 11 heavy (non-hydrogen) atoms. The molecule has 0 unspecified atom stereocenters. The number of nitrogens with zero attached hydrogens (tertiary/aromatic N) is 3. The van der Waals surface area contributed by atoms with Gasteiger partial charge in [-0.15, -0.1) is 0 Å². The van der Waals surface area contributed by atoms with Crippen LogP contribution < -0.4 is 0 Å². The zero-order chi connectivity index (χ0) is 7.84. The smallest absolute Gasteiger partial charge is 0.348 e. The van der Waals surface area contributed by atoms with Gasteiger partial charge in [0.2, 0.25) is 0 Å². The molecule has 0 aliphatic carbocycles. The van der Waals surface area contributed by atoms with Crippen molar-refractivity contribution in [1.82, 2.24) is 9.38 Å². The second-order valence-electron chi connectivity index (χ2n) is 1.93. The number of fused-ring (bicyclic) bond motifs is 1. The monoisotopic (exact) mass is 169 g/mol. The normalized spacial score (nSPS) is 10.5. The topological polar surface area (TPSA) is 60.4 Å². The van der Waals surface area contributed by atoms with Gasteiger partial charge in [0, 0.05) is 5.38 Å². The Labute approximate surface area is 65.1 Å². The quantitative estimate of drug-likeness (QED) is 0.477. The molecule has 0 bridgehead atoms. The van der Waals surface area contributed by atoms with Crippen LogP contribution in [0.2, 0.25) is 0 Å². The summed E-state index contributed by atoms with van der Waals surface area (Å²) in [4.78, 5) is 14.4. The van der Waals surface area contributed by atoms with Crippen LogP contribution >= 0.6 is 11.3 Å². The maximum atomic E-state index is 10.3. The van der Waals surface area contributed by atoms with Crippen molar-refractivity contribution < 1.29 is 4.92 Å². The molecule has 0 aromatic carbocycles. The van der Waals surface area contributed by atoms with Gasteiger partial charge in [0.05, 0.1) is 0 Å². The summed E-state index contributed by atoms with van der Waals surface area (Å²) in [6.07, 6.45) is 2.89. The molecule has 2 aromatic heterocycles. The van der Waals surface area contributed by atoms with E-state index in [4.69, 9.17) is 0 Å². The molecule has 56 valence electrons. The van der Waals surface area contributed by atoms with Crippen molar-refractivity contribution in [1.29, 1.82) is 0 Å². The van der Waals surface area contributed by atoms with Gasteiger partial charge in [0.25, 0.3) is 4.96 Å². The van der Waals surface area contributed by atoms with E-state index >= 15 is 0 Å². The fourth-order valence-corrected chi connectivity index (χ4v) is 1.54. The average molecular weight is 169 g/mol. The van der Waals surface area contributed by atoms with E-state index in [1.54, 1.807) is 11.6 Å². The Balaban J connectivity index is 2.78. The lowest BCUT2D eigenvalue weighted by atomic mass is 10.7. The Hall–Kier alpha value is -1.43. The van der Waals surface area contributed by atoms with E-state index in [0.717, 1.165) is 0 Å². The minimum atomic E-state index is -0.452. The van der Waals surface area contributed by atoms with Crippen molar-refractivity contribution in [2.24, 2.45) is 0 Å². The summed E-state index contributed by atoms with van der Waals surface area (Å²) in [5.41, 5.74) is 0. The van der Waals surface area contributed by atoms with Crippen LogP contribution in [0.15, 0.2) is 17.8 Å². The highest BCUT2D eigenvalue weighted by Crippen LogP contribution is 2.17. The van der Waals surface area contributed by atoms with E-state index in [-0.39, 0.29) is 5.82 Å². The van der Waals surface area contributed by atoms with Crippen molar-refractivity contribution in [2.45, 2.75) is 0 Å². The summed E-state index contributed by atoms with van der Waals surface area (Å²) < 4.78 is 1.45. The minimum Gasteiger partial charge on any atom is -0.358 e. The molecule has 0 radical (unpaired) electrons. The van der Waals surface area contributed by atoms with Crippen LogP contribution in [0.25, 0.3) is 4.96 Å². The van der Waals surface area contributed by atoms with Crippen molar-refractivity contribution >= 4 is 22.1 Å². The van der Waals surface area contributed by atoms with Crippen molar-refractivity contribution in [3.8, 4) is 0 Å². The number of hydrogen-bond acceptors (Lipinski definition) is 4. The lowest BCUT2D eigenvalue weighted by Crippen LogP contribution is -1.90. The third kappa shape index (κ3) is 0.795. The van der Waals surface area contributed by atoms with E-state index in [1.807, 2.05) is 0 Å². The van der Waals surface area contributed by atoms with Gasteiger partial charge >= 0.3 is 5.82 Å². The first-order chi connectivity index (χ1) is 5.29. The predicted octanol–water partition coefficient (Wildman–Crippen LogP) is 1.30. The molecular weight excluding hydrogens is 166 g/mol. The Morgan fingerprint density at radius 3 is 3.27 bits per heavy atom. The molecule has 0 atom stereocenters. The summed E-state index contributed by atoms with van der Waals surface area (Å²) in [7, 11) is 0. The number of imidazole rings is 1. The van der Waals surface area contributed by atoms with Gasteiger partial charge in [0.1, 0.15) is 12.4 Å². The van der Waals surface area contributed by atoms with Crippen molar-refractivity contribution in [3.05, 3.63) is 27.9 Å². The number of aromatic nitrogens is 2. The Bertz CT molecular complexity index is 404. The zero-order valence-corrected chi connectivity index (χ0v) is 6.11. The first kappa shape index (κ1) is 6.29. The maximum Gasteiger partial charge on any atom is 0.348 e. The largest absolute Gasteiger partial charge is 0.358 e. The van der Waals surface area contributed by atoms with E-state index in [0.29, 0.717) is 4.96 Å². The van der Waals surface area contributed by atoms with Crippen LogP contribution in [0, 0.1) is 10.1 Å². The van der Waals surface area contributed by atoms with Gasteiger partial charge in [-0.1, -0.05) is 11.3 Å². The molecule has 2 heterocycles. The molecular formula is C5H3N3O2S. The summed E-state index contributed by atoms with van der Waals surface area (Å²) in [6, 6.07) is 0. The number of hydrogen-bond donors (Lipinski definition) is 0. The first-order valence-electron chi connectivity index (χ1n) is 2.84. The second kappa shape index (κ2) is 2.03. The third-order valence-electron chi connectivity index (χ3n) is 1.31. The first-order valence-corrected chi connectivity index (χ1v) is 3.72. The van der Waals surface area contributed by atoms with Crippen molar-refractivity contribution in [3.63, 3.8) is 0 Å². The van der Waals surface area contributed by atoms with Crippen LogP contribution in [0.3, 0.4) is 0 Å². The Kier molecular flexibility index (Phi) is 1.16. The van der Waals surface area contributed by atoms with Crippen LogP contribution in [-0.4, -0.2) is 14.3 Å². The van der Waals surface area contributed by atoms with Gasteiger partial charge < -0.3 is 10.1 Å². The molecule has 0 amide bonds. The lowest BCUT2D eigenvalue weighted by molar-refractivity contribution is -0.390. The zero-order valence-electron chi connectivity index (χ0n) is 5.30. The number of nitro groups is 1. The van der Waals surface area contributed by atoms with E-state index < -0.39 is 4.92 Å². The maximum absolute atomic E-state index is 10.3. The fraction of sp³-hybridized carbons (Fsp3) is 0. The Morgan fingerprint density at radius 2 is 2.55 bits per heavy atom. The molecule has 5 nitrogen and oxygen atoms in total. The molecule has 0 N–H and O–H groups in total. The summed E-state index contributed by atoms with van der Waals surface area (Å²) in [6.45, 7) is 0. The molecule has 0 aliphatic rings. The molecule has 2 aromatic rings. The van der Waals surface area contributed by atoms with Gasteiger partial charge in [-0.3, -0.25) is 0 Å². The lowest BCUT2D eigenvalue weighted by Gasteiger charge is -1.86. The van der Waals surface area contributed by atoms with Crippen LogP contribution in [0.1, 0.15) is 0 Å². The average Bonchev–Trinajstić information content (AvgIpc) is 2.41. The van der Waals surface area contributed by atoms with Gasteiger partial charge in [-0.05, 0) is 4.92 Å². The summed E-state index contributed by atoms with van der Waals surface area (Å²) in [5.74, 6) is 0.0150. The predicted molar refractivity (Wildman–Crippen MR) is 39.7 cm³/mol. The molecule has 0 saturated carbocycles. The fourth-order valence-electron chi connectivity index (χ4n) is 0.850. The highest BCUT2D eigenvalue weighted by atomic mass is 32.1. The molecule has 6 heteroatoms.